The molecule has 0 saturated heterocycles. The van der Waals surface area contributed by atoms with E-state index in [1.807, 2.05) is 13.8 Å². The van der Waals surface area contributed by atoms with E-state index in [2.05, 4.69) is 31.1 Å². The van der Waals surface area contributed by atoms with Crippen LogP contribution < -0.4 is 0 Å². The fourth-order valence-electron chi connectivity index (χ4n) is 2.68. The van der Waals surface area contributed by atoms with Gasteiger partial charge in [-0.1, -0.05) is 33.5 Å². The smallest absolute Gasteiger partial charge is 0.325 e. The molecule has 1 aliphatic rings. The molecule has 0 amide bonds. The van der Waals surface area contributed by atoms with Crippen molar-refractivity contribution in [2.24, 2.45) is 16.7 Å². The predicted molar refractivity (Wildman–Crippen MR) is 84.1 cm³/mol. The van der Waals surface area contributed by atoms with Gasteiger partial charge >= 0.3 is 11.9 Å². The summed E-state index contributed by atoms with van der Waals surface area (Å²) in [7, 11) is -1.58. The molecule has 0 aromatic carbocycles. The zero-order valence-electron chi connectivity index (χ0n) is 14.1. The molecule has 21 heavy (non-hydrogen) atoms. The van der Waals surface area contributed by atoms with Crippen LogP contribution in [0.4, 0.5) is 0 Å². The van der Waals surface area contributed by atoms with Gasteiger partial charge in [0.1, 0.15) is 8.07 Å². The number of hydrogen-bond acceptors (Lipinski definition) is 4. The summed E-state index contributed by atoms with van der Waals surface area (Å²) in [5, 5.41) is 0. The second kappa shape index (κ2) is 5.84. The van der Waals surface area contributed by atoms with E-state index >= 15 is 0 Å². The fraction of sp³-hybridized carbons (Fsp3) is 0.750. The normalized spacial score (nSPS) is 21.8. The summed E-state index contributed by atoms with van der Waals surface area (Å²) < 4.78 is 10.3. The molecule has 0 aromatic heterocycles. The van der Waals surface area contributed by atoms with Gasteiger partial charge in [0.25, 0.3) is 0 Å². The van der Waals surface area contributed by atoms with Gasteiger partial charge in [0, 0.05) is 5.41 Å². The molecule has 118 valence electrons. The summed E-state index contributed by atoms with van der Waals surface area (Å²) in [6.45, 7) is 14.1. The van der Waals surface area contributed by atoms with E-state index in [-0.39, 0.29) is 19.1 Å². The molecule has 1 aliphatic carbocycles. The Morgan fingerprint density at radius 1 is 1.05 bits per heavy atom. The second-order valence-electron chi connectivity index (χ2n) is 6.92. The minimum Gasteiger partial charge on any atom is -0.465 e. The molecule has 1 atom stereocenters. The van der Waals surface area contributed by atoms with Crippen molar-refractivity contribution in [3.63, 3.8) is 0 Å². The quantitative estimate of drug-likeness (QED) is 0.347. The van der Waals surface area contributed by atoms with Crippen LogP contribution in [0, 0.1) is 28.2 Å². The van der Waals surface area contributed by atoms with E-state index in [1.54, 1.807) is 13.8 Å². The van der Waals surface area contributed by atoms with Crippen molar-refractivity contribution in [3.8, 4) is 11.5 Å². The lowest BCUT2D eigenvalue weighted by atomic mass is 9.96. The van der Waals surface area contributed by atoms with Crippen molar-refractivity contribution in [1.29, 1.82) is 0 Å². The molecular formula is C16H26O4Si. The van der Waals surface area contributed by atoms with Crippen molar-refractivity contribution in [2.45, 2.75) is 47.3 Å². The van der Waals surface area contributed by atoms with Crippen molar-refractivity contribution in [2.75, 3.05) is 13.2 Å². The first-order valence-electron chi connectivity index (χ1n) is 7.42. The first-order chi connectivity index (χ1) is 9.55. The Balaban J connectivity index is 3.22. The average molecular weight is 310 g/mol. The van der Waals surface area contributed by atoms with Gasteiger partial charge in [-0.05, 0) is 13.8 Å². The number of rotatable bonds is 4. The molecule has 4 nitrogen and oxygen atoms in total. The number of ether oxygens (including phenoxy) is 2. The van der Waals surface area contributed by atoms with Crippen molar-refractivity contribution in [1.82, 2.24) is 0 Å². The van der Waals surface area contributed by atoms with Crippen molar-refractivity contribution < 1.29 is 19.1 Å². The molecule has 1 unspecified atom stereocenters. The van der Waals surface area contributed by atoms with E-state index < -0.39 is 30.8 Å². The van der Waals surface area contributed by atoms with E-state index in [0.717, 1.165) is 0 Å². The highest BCUT2D eigenvalue weighted by molar-refractivity contribution is 6.83. The Morgan fingerprint density at radius 3 is 1.81 bits per heavy atom. The first-order valence-corrected chi connectivity index (χ1v) is 10.9. The Hall–Kier alpha value is -1.28. The van der Waals surface area contributed by atoms with Crippen molar-refractivity contribution in [3.05, 3.63) is 0 Å². The van der Waals surface area contributed by atoms with E-state index in [1.165, 1.54) is 0 Å². The number of carbonyl (C=O) groups is 2. The standard InChI is InChI=1S/C16H26O4Si/c1-8-19-13(17)16(14(18)20-9-2)12(15(16,3)4)10-11-21(5,6)7/h12H,8-9H2,1-7H3. The largest absolute Gasteiger partial charge is 0.465 e. The third kappa shape index (κ3) is 3.01. The van der Waals surface area contributed by atoms with Gasteiger partial charge in [-0.3, -0.25) is 9.59 Å². The first kappa shape index (κ1) is 17.8. The van der Waals surface area contributed by atoms with Gasteiger partial charge in [0.15, 0.2) is 5.41 Å². The van der Waals surface area contributed by atoms with Crippen LogP contribution in [0.1, 0.15) is 27.7 Å². The molecule has 1 saturated carbocycles. The topological polar surface area (TPSA) is 52.6 Å². The maximum absolute atomic E-state index is 12.4. The molecule has 0 N–H and O–H groups in total. The van der Waals surface area contributed by atoms with Gasteiger partial charge in [0.2, 0.25) is 0 Å². The predicted octanol–water partition coefficient (Wildman–Crippen LogP) is 2.64. The van der Waals surface area contributed by atoms with Gasteiger partial charge in [-0.2, -0.15) is 0 Å². The summed E-state index contributed by atoms with van der Waals surface area (Å²) in [5.74, 6) is 1.81. The van der Waals surface area contributed by atoms with E-state index in [4.69, 9.17) is 9.47 Å². The number of carbonyl (C=O) groups excluding carboxylic acids is 2. The third-order valence-corrected chi connectivity index (χ3v) is 4.77. The summed E-state index contributed by atoms with van der Waals surface area (Å²) in [5.41, 5.74) is 1.43. The van der Waals surface area contributed by atoms with Gasteiger partial charge in [-0.15, -0.1) is 11.5 Å². The highest BCUT2D eigenvalue weighted by Gasteiger charge is 2.82. The molecule has 0 radical (unpaired) electrons. The maximum atomic E-state index is 12.4. The maximum Gasteiger partial charge on any atom is 0.325 e. The minimum atomic E-state index is -1.58. The molecule has 0 aliphatic heterocycles. The summed E-state index contributed by atoms with van der Waals surface area (Å²) in [4.78, 5) is 24.8. The van der Waals surface area contributed by atoms with Gasteiger partial charge < -0.3 is 9.47 Å². The Kier molecular flexibility index (Phi) is 4.94. The van der Waals surface area contributed by atoms with Crippen LogP contribution >= 0.6 is 0 Å². The molecule has 5 heteroatoms. The number of esters is 2. The van der Waals surface area contributed by atoms with E-state index in [9.17, 15) is 9.59 Å². The minimum absolute atomic E-state index is 0.240. The fourth-order valence-corrected chi connectivity index (χ4v) is 3.25. The number of hydrogen-bond donors (Lipinski definition) is 0. The van der Waals surface area contributed by atoms with Crippen LogP contribution in [0.5, 0.6) is 0 Å². The molecule has 1 fully saturated rings. The zero-order valence-corrected chi connectivity index (χ0v) is 15.1. The highest BCUT2D eigenvalue weighted by Crippen LogP contribution is 2.69. The lowest BCUT2D eigenvalue weighted by Crippen LogP contribution is -2.35. The van der Waals surface area contributed by atoms with Crippen molar-refractivity contribution >= 4 is 20.0 Å². The zero-order chi connectivity index (χ0) is 16.5. The highest BCUT2D eigenvalue weighted by atomic mass is 28.3. The Morgan fingerprint density at radius 2 is 1.48 bits per heavy atom. The molecule has 0 spiro atoms. The molecule has 0 heterocycles. The van der Waals surface area contributed by atoms with Gasteiger partial charge in [0.05, 0.1) is 19.1 Å². The summed E-state index contributed by atoms with van der Waals surface area (Å²) in [6, 6.07) is 0. The Bertz CT molecular complexity index is 473. The Labute approximate surface area is 128 Å². The lowest BCUT2D eigenvalue weighted by Gasteiger charge is -2.16. The second-order valence-corrected chi connectivity index (χ2v) is 11.7. The summed E-state index contributed by atoms with van der Waals surface area (Å²) in [6.07, 6.45) is 0. The van der Waals surface area contributed by atoms with E-state index in [0.29, 0.717) is 0 Å². The monoisotopic (exact) mass is 310 g/mol. The average Bonchev–Trinajstić information content (AvgIpc) is 2.83. The lowest BCUT2D eigenvalue weighted by molar-refractivity contribution is -0.166. The molecule has 0 bridgehead atoms. The van der Waals surface area contributed by atoms with Crippen LogP contribution in [-0.2, 0) is 19.1 Å². The van der Waals surface area contributed by atoms with Crippen LogP contribution in [0.3, 0.4) is 0 Å². The van der Waals surface area contributed by atoms with Crippen LogP contribution in [0.15, 0.2) is 0 Å². The molecular weight excluding hydrogens is 284 g/mol. The van der Waals surface area contributed by atoms with Crippen LogP contribution in [0.25, 0.3) is 0 Å². The molecule has 1 rings (SSSR count). The SMILES string of the molecule is CCOC(=O)C1(C(=O)OCC)C(C#C[Si](C)(C)C)C1(C)C. The third-order valence-electron chi connectivity index (χ3n) is 3.87. The summed E-state index contributed by atoms with van der Waals surface area (Å²) >= 11 is 0. The van der Waals surface area contributed by atoms with Crippen LogP contribution in [0.2, 0.25) is 19.6 Å². The molecule has 0 aromatic rings. The van der Waals surface area contributed by atoms with Crippen LogP contribution in [-0.4, -0.2) is 33.2 Å². The van der Waals surface area contributed by atoms with Gasteiger partial charge in [-0.25, -0.2) is 0 Å².